The van der Waals surface area contributed by atoms with Gasteiger partial charge in [-0.15, -0.1) is 0 Å². The highest BCUT2D eigenvalue weighted by atomic mass is 16.5. The average Bonchev–Trinajstić information content (AvgIpc) is 2.59. The summed E-state index contributed by atoms with van der Waals surface area (Å²) in [4.78, 5) is 24.1. The minimum absolute atomic E-state index is 0.174. The second kappa shape index (κ2) is 10.8. The van der Waals surface area contributed by atoms with Gasteiger partial charge in [0.15, 0.2) is 6.10 Å². The summed E-state index contributed by atoms with van der Waals surface area (Å²) < 4.78 is 9.99. The van der Waals surface area contributed by atoms with Crippen molar-refractivity contribution in [2.24, 2.45) is 0 Å². The SMILES string of the molecule is CCCC(N[C@H](c1ccccc1)[C@@H](O)C(=O)OCC)C(=O)OCC. The Morgan fingerprint density at radius 2 is 1.62 bits per heavy atom. The smallest absolute Gasteiger partial charge is 0.336 e. The number of nitrogens with one attached hydrogen (secondary N) is 1. The van der Waals surface area contributed by atoms with Crippen LogP contribution in [-0.2, 0) is 19.1 Å². The molecule has 3 atom stereocenters. The van der Waals surface area contributed by atoms with Crippen molar-refractivity contribution in [1.29, 1.82) is 0 Å². The Kier molecular flexibility index (Phi) is 9.04. The number of hydrogen-bond acceptors (Lipinski definition) is 6. The van der Waals surface area contributed by atoms with E-state index in [4.69, 9.17) is 9.47 Å². The Morgan fingerprint density at radius 3 is 2.17 bits per heavy atom. The largest absolute Gasteiger partial charge is 0.465 e. The molecule has 0 radical (unpaired) electrons. The number of aliphatic hydroxyl groups is 1. The van der Waals surface area contributed by atoms with E-state index in [2.05, 4.69) is 5.32 Å². The van der Waals surface area contributed by atoms with Gasteiger partial charge in [-0.05, 0) is 25.8 Å². The molecule has 0 saturated carbocycles. The molecule has 2 N–H and O–H groups in total. The third-order valence-corrected chi connectivity index (χ3v) is 3.53. The van der Waals surface area contributed by atoms with Crippen molar-refractivity contribution in [2.75, 3.05) is 13.2 Å². The third kappa shape index (κ3) is 5.94. The second-order valence-corrected chi connectivity index (χ2v) is 5.35. The van der Waals surface area contributed by atoms with Gasteiger partial charge in [0.2, 0.25) is 0 Å². The summed E-state index contributed by atoms with van der Waals surface area (Å²) in [5, 5.41) is 13.5. The van der Waals surface area contributed by atoms with Gasteiger partial charge in [0, 0.05) is 0 Å². The van der Waals surface area contributed by atoms with Crippen LogP contribution in [-0.4, -0.2) is 42.4 Å². The number of benzene rings is 1. The van der Waals surface area contributed by atoms with E-state index >= 15 is 0 Å². The molecular formula is C18H27NO5. The molecule has 24 heavy (non-hydrogen) atoms. The van der Waals surface area contributed by atoms with Crippen molar-refractivity contribution >= 4 is 11.9 Å². The molecule has 134 valence electrons. The van der Waals surface area contributed by atoms with Crippen molar-refractivity contribution in [3.05, 3.63) is 35.9 Å². The lowest BCUT2D eigenvalue weighted by molar-refractivity contribution is -0.156. The van der Waals surface area contributed by atoms with E-state index in [1.54, 1.807) is 38.1 Å². The molecule has 0 fully saturated rings. The van der Waals surface area contributed by atoms with Gasteiger partial charge in [-0.3, -0.25) is 10.1 Å². The predicted octanol–water partition coefficient (Wildman–Crippen LogP) is 1.97. The first-order valence-corrected chi connectivity index (χ1v) is 8.37. The maximum Gasteiger partial charge on any atom is 0.336 e. The second-order valence-electron chi connectivity index (χ2n) is 5.35. The van der Waals surface area contributed by atoms with Gasteiger partial charge in [-0.25, -0.2) is 4.79 Å². The maximum absolute atomic E-state index is 12.1. The number of esters is 2. The van der Waals surface area contributed by atoms with Gasteiger partial charge < -0.3 is 14.6 Å². The molecule has 0 saturated heterocycles. The Hall–Kier alpha value is -1.92. The fraction of sp³-hybridized carbons (Fsp3) is 0.556. The monoisotopic (exact) mass is 337 g/mol. The van der Waals surface area contributed by atoms with Crippen LogP contribution in [0.4, 0.5) is 0 Å². The van der Waals surface area contributed by atoms with Crippen LogP contribution in [0.5, 0.6) is 0 Å². The van der Waals surface area contributed by atoms with Crippen molar-refractivity contribution in [1.82, 2.24) is 5.32 Å². The zero-order valence-electron chi connectivity index (χ0n) is 14.5. The van der Waals surface area contributed by atoms with Crippen molar-refractivity contribution in [3.8, 4) is 0 Å². The fourth-order valence-corrected chi connectivity index (χ4v) is 2.41. The van der Waals surface area contributed by atoms with E-state index in [9.17, 15) is 14.7 Å². The van der Waals surface area contributed by atoms with Crippen LogP contribution in [0.15, 0.2) is 30.3 Å². The lowest BCUT2D eigenvalue weighted by atomic mass is 9.99. The molecule has 0 aromatic heterocycles. The average molecular weight is 337 g/mol. The highest BCUT2D eigenvalue weighted by Crippen LogP contribution is 2.20. The molecule has 0 spiro atoms. The summed E-state index contributed by atoms with van der Waals surface area (Å²) in [5.41, 5.74) is 0.698. The van der Waals surface area contributed by atoms with Gasteiger partial charge >= 0.3 is 11.9 Å². The van der Waals surface area contributed by atoms with Crippen LogP contribution < -0.4 is 5.32 Å². The Labute approximate surface area is 143 Å². The minimum Gasteiger partial charge on any atom is -0.465 e. The van der Waals surface area contributed by atoms with E-state index in [-0.39, 0.29) is 13.2 Å². The van der Waals surface area contributed by atoms with Crippen LogP contribution >= 0.6 is 0 Å². The number of carbonyl (C=O) groups is 2. The highest BCUT2D eigenvalue weighted by molar-refractivity contribution is 5.77. The summed E-state index contributed by atoms with van der Waals surface area (Å²) in [6, 6.07) is 7.66. The lowest BCUT2D eigenvalue weighted by Crippen LogP contribution is -2.46. The number of hydrogen-bond donors (Lipinski definition) is 2. The van der Waals surface area contributed by atoms with Crippen molar-refractivity contribution < 1.29 is 24.2 Å². The number of ether oxygens (including phenoxy) is 2. The molecular weight excluding hydrogens is 310 g/mol. The van der Waals surface area contributed by atoms with E-state index in [0.29, 0.717) is 12.0 Å². The third-order valence-electron chi connectivity index (χ3n) is 3.53. The molecule has 0 amide bonds. The molecule has 1 aromatic carbocycles. The van der Waals surface area contributed by atoms with Crippen LogP contribution in [0.1, 0.15) is 45.2 Å². The first kappa shape index (κ1) is 20.1. The predicted molar refractivity (Wildman–Crippen MR) is 90.3 cm³/mol. The van der Waals surface area contributed by atoms with Crippen LogP contribution in [0.2, 0.25) is 0 Å². The molecule has 0 aliphatic rings. The first-order chi connectivity index (χ1) is 11.5. The van der Waals surface area contributed by atoms with Crippen molar-refractivity contribution in [3.63, 3.8) is 0 Å². The van der Waals surface area contributed by atoms with Gasteiger partial charge in [-0.2, -0.15) is 0 Å². The zero-order chi connectivity index (χ0) is 17.9. The minimum atomic E-state index is -1.42. The van der Waals surface area contributed by atoms with E-state index < -0.39 is 30.1 Å². The van der Waals surface area contributed by atoms with Crippen molar-refractivity contribution in [2.45, 2.75) is 51.8 Å². The van der Waals surface area contributed by atoms with Gasteiger partial charge in [-0.1, -0.05) is 43.7 Å². The maximum atomic E-state index is 12.1. The highest BCUT2D eigenvalue weighted by Gasteiger charge is 2.32. The summed E-state index contributed by atoms with van der Waals surface area (Å²) >= 11 is 0. The van der Waals surface area contributed by atoms with E-state index in [0.717, 1.165) is 6.42 Å². The fourth-order valence-electron chi connectivity index (χ4n) is 2.41. The van der Waals surface area contributed by atoms with Gasteiger partial charge in [0.25, 0.3) is 0 Å². The molecule has 0 aliphatic carbocycles. The number of aliphatic hydroxyl groups excluding tert-OH is 1. The zero-order valence-corrected chi connectivity index (χ0v) is 14.5. The number of rotatable bonds is 10. The summed E-state index contributed by atoms with van der Waals surface area (Å²) in [5.74, 6) is -1.12. The molecule has 1 unspecified atom stereocenters. The molecule has 0 bridgehead atoms. The first-order valence-electron chi connectivity index (χ1n) is 8.37. The molecule has 0 heterocycles. The molecule has 6 heteroatoms. The molecule has 1 rings (SSSR count). The van der Waals surface area contributed by atoms with Crippen LogP contribution in [0, 0.1) is 0 Å². The van der Waals surface area contributed by atoms with Crippen LogP contribution in [0.25, 0.3) is 0 Å². The van der Waals surface area contributed by atoms with E-state index in [1.165, 1.54) is 0 Å². The Bertz CT molecular complexity index is 505. The summed E-state index contributed by atoms with van der Waals surface area (Å²) in [6.07, 6.45) is -0.119. The topological polar surface area (TPSA) is 84.9 Å². The van der Waals surface area contributed by atoms with Gasteiger partial charge in [0.05, 0.1) is 19.3 Å². The quantitative estimate of drug-likeness (QED) is 0.635. The summed E-state index contributed by atoms with van der Waals surface area (Å²) in [7, 11) is 0. The normalized spacial score (nSPS) is 14.5. The van der Waals surface area contributed by atoms with E-state index in [1.807, 2.05) is 13.0 Å². The standard InChI is InChI=1S/C18H27NO5/c1-4-10-14(17(21)23-5-2)19-15(13-11-8-7-9-12-13)16(20)18(22)24-6-3/h7-9,11-12,14-16,19-20H,4-6,10H2,1-3H3/t14?,15-,16-/m1/s1. The molecule has 1 aromatic rings. The molecule has 6 nitrogen and oxygen atoms in total. The lowest BCUT2D eigenvalue weighted by Gasteiger charge is -2.27. The Balaban J connectivity index is 3.03. The number of carbonyl (C=O) groups excluding carboxylic acids is 2. The summed E-state index contributed by atoms with van der Waals surface area (Å²) in [6.45, 7) is 5.81. The van der Waals surface area contributed by atoms with Gasteiger partial charge in [0.1, 0.15) is 6.04 Å². The van der Waals surface area contributed by atoms with Crippen LogP contribution in [0.3, 0.4) is 0 Å². The Morgan fingerprint density at radius 1 is 1.04 bits per heavy atom. The molecule has 0 aliphatic heterocycles.